The quantitative estimate of drug-likeness (QED) is 0.843. The molecular weight excluding hydrogens is 261 g/mol. The molecule has 0 saturated carbocycles. The van der Waals surface area contributed by atoms with Crippen molar-refractivity contribution in [2.24, 2.45) is 5.92 Å². The third kappa shape index (κ3) is 4.05. The highest BCUT2D eigenvalue weighted by Gasteiger charge is 2.24. The minimum absolute atomic E-state index is 0.0670. The van der Waals surface area contributed by atoms with E-state index in [1.807, 2.05) is 13.8 Å². The summed E-state index contributed by atoms with van der Waals surface area (Å²) in [6, 6.07) is 3.80. The van der Waals surface area contributed by atoms with E-state index in [9.17, 15) is 14.0 Å². The van der Waals surface area contributed by atoms with Crippen molar-refractivity contribution in [2.75, 3.05) is 7.11 Å². The monoisotopic (exact) mass is 281 g/mol. The van der Waals surface area contributed by atoms with E-state index in [1.54, 1.807) is 19.1 Å². The molecule has 1 atom stereocenters. The van der Waals surface area contributed by atoms with Crippen LogP contribution in [0.3, 0.4) is 0 Å². The summed E-state index contributed by atoms with van der Waals surface area (Å²) in [5.41, 5.74) is 0.318. The van der Waals surface area contributed by atoms with Crippen molar-refractivity contribution < 1.29 is 18.7 Å². The van der Waals surface area contributed by atoms with Crippen LogP contribution in [0.2, 0.25) is 0 Å². The van der Waals surface area contributed by atoms with Crippen molar-refractivity contribution in [3.8, 4) is 0 Å². The van der Waals surface area contributed by atoms with Gasteiger partial charge in [-0.05, 0) is 30.9 Å². The van der Waals surface area contributed by atoms with E-state index in [0.29, 0.717) is 12.0 Å². The molecule has 4 nitrogen and oxygen atoms in total. The van der Waals surface area contributed by atoms with Gasteiger partial charge in [0.2, 0.25) is 0 Å². The van der Waals surface area contributed by atoms with Gasteiger partial charge in [-0.1, -0.05) is 26.0 Å². The lowest BCUT2D eigenvalue weighted by molar-refractivity contribution is -0.143. The van der Waals surface area contributed by atoms with E-state index in [4.69, 9.17) is 0 Å². The summed E-state index contributed by atoms with van der Waals surface area (Å²) in [6.45, 7) is 5.43. The van der Waals surface area contributed by atoms with Gasteiger partial charge in [-0.25, -0.2) is 9.18 Å². The van der Waals surface area contributed by atoms with E-state index in [1.165, 1.54) is 13.2 Å². The number of ether oxygens (including phenoxy) is 1. The Kier molecular flexibility index (Phi) is 5.67. The van der Waals surface area contributed by atoms with Gasteiger partial charge in [0.15, 0.2) is 0 Å². The fraction of sp³-hybridized carbons (Fsp3) is 0.467. The van der Waals surface area contributed by atoms with Crippen molar-refractivity contribution in [3.63, 3.8) is 0 Å². The van der Waals surface area contributed by atoms with E-state index in [2.05, 4.69) is 10.1 Å². The number of amides is 1. The summed E-state index contributed by atoms with van der Waals surface area (Å²) in [5.74, 6) is -1.51. The van der Waals surface area contributed by atoms with Crippen LogP contribution in [0.1, 0.15) is 36.2 Å². The third-order valence-electron chi connectivity index (χ3n) is 2.93. The number of hydrogen-bond donors (Lipinski definition) is 1. The molecule has 1 N–H and O–H groups in total. The van der Waals surface area contributed by atoms with Gasteiger partial charge in [-0.2, -0.15) is 0 Å². The first-order valence-electron chi connectivity index (χ1n) is 6.50. The molecule has 0 aliphatic rings. The number of benzene rings is 1. The molecule has 5 heteroatoms. The van der Waals surface area contributed by atoms with Crippen LogP contribution < -0.4 is 5.32 Å². The molecule has 1 aromatic rings. The Morgan fingerprint density at radius 3 is 2.55 bits per heavy atom. The summed E-state index contributed by atoms with van der Waals surface area (Å²) >= 11 is 0. The van der Waals surface area contributed by atoms with Crippen LogP contribution in [0.15, 0.2) is 18.2 Å². The van der Waals surface area contributed by atoms with Gasteiger partial charge in [0.05, 0.1) is 12.7 Å². The van der Waals surface area contributed by atoms with Crippen molar-refractivity contribution in [2.45, 2.75) is 33.2 Å². The first-order valence-corrected chi connectivity index (χ1v) is 6.50. The van der Waals surface area contributed by atoms with Gasteiger partial charge in [0.25, 0.3) is 5.91 Å². The van der Waals surface area contributed by atoms with Gasteiger partial charge in [-0.15, -0.1) is 0 Å². The second-order valence-electron chi connectivity index (χ2n) is 5.12. The molecule has 0 bridgehead atoms. The number of esters is 1. The minimum atomic E-state index is -0.771. The molecule has 0 saturated heterocycles. The zero-order valence-electron chi connectivity index (χ0n) is 12.2. The Morgan fingerprint density at radius 1 is 1.35 bits per heavy atom. The summed E-state index contributed by atoms with van der Waals surface area (Å²) in [7, 11) is 1.26. The summed E-state index contributed by atoms with van der Waals surface area (Å²) in [4.78, 5) is 23.7. The second kappa shape index (κ2) is 7.03. The van der Waals surface area contributed by atoms with Crippen LogP contribution in [-0.4, -0.2) is 25.0 Å². The lowest BCUT2D eigenvalue weighted by Crippen LogP contribution is -2.42. The van der Waals surface area contributed by atoms with Crippen molar-refractivity contribution >= 4 is 11.9 Å². The first kappa shape index (κ1) is 16.1. The normalized spacial score (nSPS) is 12.1. The van der Waals surface area contributed by atoms with Crippen LogP contribution in [-0.2, 0) is 9.53 Å². The average Bonchev–Trinajstić information content (AvgIpc) is 2.39. The lowest BCUT2D eigenvalue weighted by Gasteiger charge is -2.18. The molecule has 0 radical (unpaired) electrons. The number of carbonyl (C=O) groups is 2. The van der Waals surface area contributed by atoms with Gasteiger partial charge < -0.3 is 10.1 Å². The van der Waals surface area contributed by atoms with Crippen molar-refractivity contribution in [1.29, 1.82) is 0 Å². The number of hydrogen-bond acceptors (Lipinski definition) is 3. The molecule has 1 rings (SSSR count). The average molecular weight is 281 g/mol. The van der Waals surface area contributed by atoms with Crippen LogP contribution in [0, 0.1) is 18.7 Å². The Labute approximate surface area is 118 Å². The predicted octanol–water partition coefficient (Wildman–Crippen LogP) is 2.45. The van der Waals surface area contributed by atoms with E-state index in [-0.39, 0.29) is 11.5 Å². The molecule has 0 aliphatic carbocycles. The maximum Gasteiger partial charge on any atom is 0.328 e. The number of carbonyl (C=O) groups excluding carboxylic acids is 2. The molecule has 0 fully saturated rings. The molecular formula is C15H20FNO3. The van der Waals surface area contributed by atoms with E-state index < -0.39 is 23.7 Å². The topological polar surface area (TPSA) is 55.4 Å². The number of nitrogens with one attached hydrogen (secondary N) is 1. The molecule has 1 aromatic carbocycles. The van der Waals surface area contributed by atoms with Crippen LogP contribution in [0.5, 0.6) is 0 Å². The maximum atomic E-state index is 13.9. The smallest absolute Gasteiger partial charge is 0.328 e. The summed E-state index contributed by atoms with van der Waals surface area (Å²) < 4.78 is 18.5. The summed E-state index contributed by atoms with van der Waals surface area (Å²) in [5, 5.41) is 2.53. The highest BCUT2D eigenvalue weighted by molar-refractivity contribution is 5.97. The van der Waals surface area contributed by atoms with E-state index in [0.717, 1.165) is 0 Å². The van der Waals surface area contributed by atoms with E-state index >= 15 is 0 Å². The van der Waals surface area contributed by atoms with Crippen LogP contribution >= 0.6 is 0 Å². The highest BCUT2D eigenvalue weighted by Crippen LogP contribution is 2.13. The van der Waals surface area contributed by atoms with Crippen LogP contribution in [0.25, 0.3) is 0 Å². The molecule has 110 valence electrons. The molecule has 0 heterocycles. The van der Waals surface area contributed by atoms with Gasteiger partial charge >= 0.3 is 5.97 Å². The fourth-order valence-corrected chi connectivity index (χ4v) is 1.89. The minimum Gasteiger partial charge on any atom is -0.467 e. The molecule has 0 aliphatic heterocycles. The number of aryl methyl sites for hydroxylation is 1. The molecule has 1 amide bonds. The molecule has 20 heavy (non-hydrogen) atoms. The van der Waals surface area contributed by atoms with Gasteiger partial charge in [-0.3, -0.25) is 4.79 Å². The lowest BCUT2D eigenvalue weighted by atomic mass is 10.0. The second-order valence-corrected chi connectivity index (χ2v) is 5.12. The zero-order valence-corrected chi connectivity index (χ0v) is 12.2. The van der Waals surface area contributed by atoms with Crippen LogP contribution in [0.4, 0.5) is 4.39 Å². The molecule has 0 aromatic heterocycles. The summed E-state index contributed by atoms with van der Waals surface area (Å²) in [6.07, 6.45) is 0.436. The number of halogens is 1. The highest BCUT2D eigenvalue weighted by atomic mass is 19.1. The van der Waals surface area contributed by atoms with Crippen molar-refractivity contribution in [1.82, 2.24) is 5.32 Å². The first-order chi connectivity index (χ1) is 9.36. The third-order valence-corrected chi connectivity index (χ3v) is 2.93. The largest absolute Gasteiger partial charge is 0.467 e. The van der Waals surface area contributed by atoms with Gasteiger partial charge in [0, 0.05) is 0 Å². The Bertz CT molecular complexity index is 500. The Morgan fingerprint density at radius 2 is 2.00 bits per heavy atom. The maximum absolute atomic E-state index is 13.9. The molecule has 1 unspecified atom stereocenters. The fourth-order valence-electron chi connectivity index (χ4n) is 1.89. The molecule has 0 spiro atoms. The number of rotatable bonds is 5. The Balaban J connectivity index is 2.90. The Hall–Kier alpha value is -1.91. The number of methoxy groups -OCH3 is 1. The van der Waals surface area contributed by atoms with Crippen molar-refractivity contribution in [3.05, 3.63) is 35.1 Å². The predicted molar refractivity (Wildman–Crippen MR) is 73.9 cm³/mol. The van der Waals surface area contributed by atoms with Gasteiger partial charge in [0.1, 0.15) is 11.9 Å². The zero-order chi connectivity index (χ0) is 15.3. The standard InChI is InChI=1S/C15H20FNO3/c1-9(2)8-12(15(19)20-4)17-14(18)11-7-5-6-10(3)13(11)16/h5-7,9,12H,8H2,1-4H3,(H,17,18). The SMILES string of the molecule is COC(=O)C(CC(C)C)NC(=O)c1cccc(C)c1F.